The second kappa shape index (κ2) is 9.47. The predicted octanol–water partition coefficient (Wildman–Crippen LogP) is 4.99. The molecule has 1 unspecified atom stereocenters. The molecule has 1 aliphatic carbocycles. The van der Waals surface area contributed by atoms with E-state index in [4.69, 9.17) is 14.0 Å². The monoisotopic (exact) mass is 432 g/mol. The molecule has 2 heterocycles. The maximum Gasteiger partial charge on any atom is 0.223 e. The van der Waals surface area contributed by atoms with E-state index in [2.05, 4.69) is 40.8 Å². The van der Waals surface area contributed by atoms with Gasteiger partial charge in [-0.05, 0) is 67.9 Å². The van der Waals surface area contributed by atoms with Crippen LogP contribution in [-0.4, -0.2) is 17.2 Å². The van der Waals surface area contributed by atoms with E-state index in [1.807, 2.05) is 18.2 Å². The standard InChI is InChI=1S/C26H28N2O4/c29-26(27-17-23-14-15-28-32-23)19-6-9-21(10-7-19)30-22-11-13-25-20(16-22)8-12-24(31-25)18-4-2-1-3-5-18/h1-5,11,13-16,19,21,24H,6-10,12,17H2,(H,27,29). The second-order valence-electron chi connectivity index (χ2n) is 8.61. The van der Waals surface area contributed by atoms with Gasteiger partial charge in [0.05, 0.1) is 18.8 Å². The summed E-state index contributed by atoms with van der Waals surface area (Å²) in [7, 11) is 0. The van der Waals surface area contributed by atoms with Crippen molar-refractivity contribution in [1.82, 2.24) is 10.5 Å². The zero-order chi connectivity index (χ0) is 21.8. The fourth-order valence-corrected chi connectivity index (χ4v) is 4.63. The van der Waals surface area contributed by atoms with Crippen LogP contribution < -0.4 is 14.8 Å². The van der Waals surface area contributed by atoms with E-state index in [-0.39, 0.29) is 24.0 Å². The first-order chi connectivity index (χ1) is 15.7. The Hall–Kier alpha value is -3.28. The van der Waals surface area contributed by atoms with Crippen LogP contribution in [0.5, 0.6) is 11.5 Å². The Bertz CT molecular complexity index is 1030. The zero-order valence-corrected chi connectivity index (χ0v) is 18.0. The Labute approximate surface area is 187 Å². The van der Waals surface area contributed by atoms with Crippen molar-refractivity contribution in [2.75, 3.05) is 0 Å². The van der Waals surface area contributed by atoms with Crippen molar-refractivity contribution in [2.45, 2.75) is 57.3 Å². The Morgan fingerprint density at radius 1 is 1.03 bits per heavy atom. The van der Waals surface area contributed by atoms with Crippen LogP contribution in [0.15, 0.2) is 65.3 Å². The van der Waals surface area contributed by atoms with E-state index in [1.54, 1.807) is 12.3 Å². The quantitative estimate of drug-likeness (QED) is 0.594. The van der Waals surface area contributed by atoms with Crippen molar-refractivity contribution < 1.29 is 18.8 Å². The van der Waals surface area contributed by atoms with Gasteiger partial charge in [-0.1, -0.05) is 35.5 Å². The van der Waals surface area contributed by atoms with Gasteiger partial charge in [0.1, 0.15) is 17.6 Å². The van der Waals surface area contributed by atoms with Gasteiger partial charge in [-0.2, -0.15) is 0 Å². The summed E-state index contributed by atoms with van der Waals surface area (Å²) >= 11 is 0. The van der Waals surface area contributed by atoms with Crippen LogP contribution in [0.3, 0.4) is 0 Å². The molecule has 0 bridgehead atoms. The van der Waals surface area contributed by atoms with Crippen molar-refractivity contribution in [3.05, 3.63) is 77.7 Å². The molecule has 5 rings (SSSR count). The summed E-state index contributed by atoms with van der Waals surface area (Å²) in [6.45, 7) is 0.386. The number of aromatic nitrogens is 1. The molecule has 6 nitrogen and oxygen atoms in total. The minimum atomic E-state index is 0.0321. The zero-order valence-electron chi connectivity index (χ0n) is 18.0. The highest BCUT2D eigenvalue weighted by atomic mass is 16.5. The molecule has 1 aromatic heterocycles. The number of aryl methyl sites for hydroxylation is 1. The topological polar surface area (TPSA) is 73.6 Å². The summed E-state index contributed by atoms with van der Waals surface area (Å²) in [6, 6.07) is 18.3. The SMILES string of the molecule is O=C(NCc1ccno1)C1CCC(Oc2ccc3c(c2)CCC(c2ccccc2)O3)CC1. The molecule has 6 heteroatoms. The molecule has 3 aromatic rings. The number of rotatable bonds is 6. The highest BCUT2D eigenvalue weighted by Gasteiger charge is 2.28. The van der Waals surface area contributed by atoms with Crippen molar-refractivity contribution >= 4 is 5.91 Å². The second-order valence-corrected chi connectivity index (χ2v) is 8.61. The molecule has 1 N–H and O–H groups in total. The number of carbonyl (C=O) groups is 1. The molecule has 1 atom stereocenters. The van der Waals surface area contributed by atoms with Gasteiger partial charge in [0.25, 0.3) is 0 Å². The summed E-state index contributed by atoms with van der Waals surface area (Å²) < 4.78 is 17.5. The van der Waals surface area contributed by atoms with Crippen LogP contribution >= 0.6 is 0 Å². The molecule has 0 spiro atoms. The summed E-state index contributed by atoms with van der Waals surface area (Å²) in [5.74, 6) is 2.62. The highest BCUT2D eigenvalue weighted by Crippen LogP contribution is 2.37. The Kier molecular flexibility index (Phi) is 6.10. The summed E-state index contributed by atoms with van der Waals surface area (Å²) in [4.78, 5) is 12.4. The average Bonchev–Trinajstić information content (AvgIpc) is 3.37. The van der Waals surface area contributed by atoms with Crippen LogP contribution in [0.4, 0.5) is 0 Å². The number of benzene rings is 2. The number of fused-ring (bicyclic) bond motifs is 1. The molecule has 0 radical (unpaired) electrons. The van der Waals surface area contributed by atoms with E-state index < -0.39 is 0 Å². The van der Waals surface area contributed by atoms with Gasteiger partial charge in [-0.25, -0.2) is 0 Å². The Morgan fingerprint density at radius 3 is 2.66 bits per heavy atom. The molecular weight excluding hydrogens is 404 g/mol. The third-order valence-corrected chi connectivity index (χ3v) is 6.42. The largest absolute Gasteiger partial charge is 0.490 e. The number of amides is 1. The molecule has 1 amide bonds. The van der Waals surface area contributed by atoms with Crippen LogP contribution in [0.1, 0.15) is 55.1 Å². The third kappa shape index (κ3) is 4.79. The normalized spacial score (nSPS) is 22.4. The molecule has 2 aliphatic rings. The molecule has 2 aromatic carbocycles. The van der Waals surface area contributed by atoms with Gasteiger partial charge in [0.15, 0.2) is 5.76 Å². The minimum absolute atomic E-state index is 0.0321. The van der Waals surface area contributed by atoms with Gasteiger partial charge in [0.2, 0.25) is 5.91 Å². The number of carbonyl (C=O) groups excluding carboxylic acids is 1. The van der Waals surface area contributed by atoms with Gasteiger partial charge in [0, 0.05) is 12.0 Å². The van der Waals surface area contributed by atoms with Gasteiger partial charge in [-0.3, -0.25) is 4.79 Å². The van der Waals surface area contributed by atoms with Crippen molar-refractivity contribution in [2.24, 2.45) is 5.92 Å². The van der Waals surface area contributed by atoms with Gasteiger partial charge in [-0.15, -0.1) is 0 Å². The molecule has 1 aliphatic heterocycles. The molecule has 32 heavy (non-hydrogen) atoms. The van der Waals surface area contributed by atoms with E-state index in [1.165, 1.54) is 11.1 Å². The molecule has 1 fully saturated rings. The highest BCUT2D eigenvalue weighted by molar-refractivity contribution is 5.78. The van der Waals surface area contributed by atoms with Gasteiger partial charge >= 0.3 is 0 Å². The summed E-state index contributed by atoms with van der Waals surface area (Å²) in [5.41, 5.74) is 2.43. The van der Waals surface area contributed by atoms with Crippen LogP contribution in [0, 0.1) is 5.92 Å². The molecule has 166 valence electrons. The lowest BCUT2D eigenvalue weighted by molar-refractivity contribution is -0.126. The first-order valence-electron chi connectivity index (χ1n) is 11.4. The number of nitrogens with one attached hydrogen (secondary N) is 1. The van der Waals surface area contributed by atoms with Crippen molar-refractivity contribution in [3.63, 3.8) is 0 Å². The Balaban J connectivity index is 1.11. The fraction of sp³-hybridized carbons (Fsp3) is 0.385. The first-order valence-corrected chi connectivity index (χ1v) is 11.4. The van der Waals surface area contributed by atoms with Crippen LogP contribution in [0.2, 0.25) is 0 Å². The number of ether oxygens (including phenoxy) is 2. The predicted molar refractivity (Wildman–Crippen MR) is 119 cm³/mol. The van der Waals surface area contributed by atoms with Crippen molar-refractivity contribution in [1.29, 1.82) is 0 Å². The maximum atomic E-state index is 12.4. The number of hydrogen-bond donors (Lipinski definition) is 1. The van der Waals surface area contributed by atoms with Crippen LogP contribution in [-0.2, 0) is 17.8 Å². The first kappa shape index (κ1) is 20.6. The van der Waals surface area contributed by atoms with E-state index in [0.29, 0.717) is 12.3 Å². The molecule has 0 saturated heterocycles. The fourth-order valence-electron chi connectivity index (χ4n) is 4.63. The number of hydrogen-bond acceptors (Lipinski definition) is 5. The van der Waals surface area contributed by atoms with Gasteiger partial charge < -0.3 is 19.3 Å². The third-order valence-electron chi connectivity index (χ3n) is 6.42. The molecular formula is C26H28N2O4. The van der Waals surface area contributed by atoms with E-state index in [9.17, 15) is 4.79 Å². The summed E-state index contributed by atoms with van der Waals surface area (Å²) in [5, 5.41) is 6.60. The van der Waals surface area contributed by atoms with Crippen LogP contribution in [0.25, 0.3) is 0 Å². The van der Waals surface area contributed by atoms with E-state index >= 15 is 0 Å². The van der Waals surface area contributed by atoms with E-state index in [0.717, 1.165) is 50.0 Å². The smallest absolute Gasteiger partial charge is 0.223 e. The van der Waals surface area contributed by atoms with Crippen molar-refractivity contribution in [3.8, 4) is 11.5 Å². The number of nitrogens with zero attached hydrogens (tertiary/aromatic N) is 1. The lowest BCUT2D eigenvalue weighted by Gasteiger charge is -2.29. The lowest BCUT2D eigenvalue weighted by atomic mass is 9.86. The average molecular weight is 433 g/mol. The minimum Gasteiger partial charge on any atom is -0.490 e. The molecule has 1 saturated carbocycles. The lowest BCUT2D eigenvalue weighted by Crippen LogP contribution is -2.35. The summed E-state index contributed by atoms with van der Waals surface area (Å²) in [6.07, 6.45) is 7.21. The maximum absolute atomic E-state index is 12.4. The Morgan fingerprint density at radius 2 is 1.88 bits per heavy atom.